The summed E-state index contributed by atoms with van der Waals surface area (Å²) in [5.74, 6) is 0.913. The lowest BCUT2D eigenvalue weighted by atomic mass is 9.77. The summed E-state index contributed by atoms with van der Waals surface area (Å²) in [5.41, 5.74) is 3.89. The van der Waals surface area contributed by atoms with Crippen LogP contribution in [0.25, 0.3) is 11.0 Å². The predicted octanol–water partition coefficient (Wildman–Crippen LogP) is 4.51. The van der Waals surface area contributed by atoms with Crippen LogP contribution in [0.15, 0.2) is 42.5 Å². The highest BCUT2D eigenvalue weighted by molar-refractivity contribution is 5.73. The second-order valence-electron chi connectivity index (χ2n) is 7.54. The molecule has 0 aliphatic rings. The van der Waals surface area contributed by atoms with Gasteiger partial charge < -0.3 is 5.11 Å². The molecule has 1 heterocycles. The lowest BCUT2D eigenvalue weighted by molar-refractivity contribution is 0.397. The quantitative estimate of drug-likeness (QED) is 0.751. The maximum absolute atomic E-state index is 10.2. The molecule has 0 saturated carbocycles. The van der Waals surface area contributed by atoms with Gasteiger partial charge in [0, 0.05) is 5.56 Å². The number of hydrogen-bond acceptors (Lipinski definition) is 3. The van der Waals surface area contributed by atoms with Crippen LogP contribution in [0, 0.1) is 5.92 Å². The fourth-order valence-electron chi connectivity index (χ4n) is 3.40. The molecule has 0 atom stereocenters. The largest absolute Gasteiger partial charge is 0.508 e. The van der Waals surface area contributed by atoms with Crippen molar-refractivity contribution >= 4 is 11.0 Å². The van der Waals surface area contributed by atoms with E-state index in [0.29, 0.717) is 18.2 Å². The van der Waals surface area contributed by atoms with E-state index in [9.17, 15) is 5.11 Å². The van der Waals surface area contributed by atoms with Crippen molar-refractivity contribution in [2.24, 2.45) is 5.92 Å². The number of aromatic nitrogens is 3. The SMILES string of the molecule is CC(C)CC(C)(C)c1ccc(O)c(Cn2nc3ccccc3n2)c1. The Morgan fingerprint density at radius 2 is 1.67 bits per heavy atom. The standard InChI is InChI=1S/C20H25N3O/c1-14(2)12-20(3,4)16-9-10-19(24)15(11-16)13-23-21-17-7-5-6-8-18(17)22-23/h5-11,14,24H,12-13H2,1-4H3. The van der Waals surface area contributed by atoms with Gasteiger partial charge in [-0.05, 0) is 47.6 Å². The van der Waals surface area contributed by atoms with Crippen LogP contribution in [0.3, 0.4) is 0 Å². The summed E-state index contributed by atoms with van der Waals surface area (Å²) >= 11 is 0. The van der Waals surface area contributed by atoms with Gasteiger partial charge in [0.2, 0.25) is 0 Å². The van der Waals surface area contributed by atoms with Gasteiger partial charge in [-0.15, -0.1) is 0 Å². The minimum absolute atomic E-state index is 0.0683. The highest BCUT2D eigenvalue weighted by atomic mass is 16.3. The highest BCUT2D eigenvalue weighted by Crippen LogP contribution is 2.33. The maximum atomic E-state index is 10.2. The van der Waals surface area contributed by atoms with E-state index in [4.69, 9.17) is 0 Å². The van der Waals surface area contributed by atoms with Crippen LogP contribution in [0.5, 0.6) is 5.75 Å². The third-order valence-electron chi connectivity index (χ3n) is 4.42. The molecular weight excluding hydrogens is 298 g/mol. The summed E-state index contributed by atoms with van der Waals surface area (Å²) in [6, 6.07) is 13.7. The van der Waals surface area contributed by atoms with Gasteiger partial charge in [-0.2, -0.15) is 15.0 Å². The second-order valence-corrected chi connectivity index (χ2v) is 7.54. The van der Waals surface area contributed by atoms with Crippen molar-refractivity contribution in [2.75, 3.05) is 0 Å². The van der Waals surface area contributed by atoms with E-state index < -0.39 is 0 Å². The van der Waals surface area contributed by atoms with E-state index in [1.807, 2.05) is 30.3 Å². The predicted molar refractivity (Wildman–Crippen MR) is 97.2 cm³/mol. The van der Waals surface area contributed by atoms with Crippen LogP contribution in [-0.2, 0) is 12.0 Å². The van der Waals surface area contributed by atoms with Crippen molar-refractivity contribution in [1.29, 1.82) is 0 Å². The Hall–Kier alpha value is -2.36. The zero-order chi connectivity index (χ0) is 17.3. The van der Waals surface area contributed by atoms with Gasteiger partial charge >= 0.3 is 0 Å². The maximum Gasteiger partial charge on any atom is 0.120 e. The third-order valence-corrected chi connectivity index (χ3v) is 4.42. The molecule has 4 nitrogen and oxygen atoms in total. The lowest BCUT2D eigenvalue weighted by Crippen LogP contribution is -2.20. The topological polar surface area (TPSA) is 50.9 Å². The molecule has 0 unspecified atom stereocenters. The van der Waals surface area contributed by atoms with E-state index in [-0.39, 0.29) is 5.41 Å². The van der Waals surface area contributed by atoms with Crippen LogP contribution in [-0.4, -0.2) is 20.1 Å². The average molecular weight is 323 g/mol. The van der Waals surface area contributed by atoms with Crippen LogP contribution < -0.4 is 0 Å². The summed E-state index contributed by atoms with van der Waals surface area (Å²) < 4.78 is 0. The van der Waals surface area contributed by atoms with Crippen molar-refractivity contribution in [2.45, 2.75) is 46.1 Å². The van der Waals surface area contributed by atoms with Crippen molar-refractivity contribution in [3.8, 4) is 5.75 Å². The molecule has 0 amide bonds. The monoisotopic (exact) mass is 323 g/mol. The minimum atomic E-state index is 0.0683. The summed E-state index contributed by atoms with van der Waals surface area (Å²) in [6.07, 6.45) is 1.10. The molecule has 0 bridgehead atoms. The Kier molecular flexibility index (Phi) is 4.31. The Bertz CT molecular complexity index is 816. The molecule has 126 valence electrons. The fourth-order valence-corrected chi connectivity index (χ4v) is 3.40. The van der Waals surface area contributed by atoms with Gasteiger partial charge in [0.25, 0.3) is 0 Å². The van der Waals surface area contributed by atoms with E-state index in [1.165, 1.54) is 5.56 Å². The first kappa shape index (κ1) is 16.5. The first-order chi connectivity index (χ1) is 11.3. The Morgan fingerprint density at radius 1 is 1.04 bits per heavy atom. The molecule has 4 heteroatoms. The molecular formula is C20H25N3O. The smallest absolute Gasteiger partial charge is 0.120 e. The molecule has 3 aromatic rings. The Labute approximate surface area is 143 Å². The molecule has 0 radical (unpaired) electrons. The van der Waals surface area contributed by atoms with Crippen LogP contribution >= 0.6 is 0 Å². The number of aromatic hydroxyl groups is 1. The van der Waals surface area contributed by atoms with Gasteiger partial charge in [0.15, 0.2) is 0 Å². The first-order valence-corrected chi connectivity index (χ1v) is 8.47. The molecule has 1 aromatic heterocycles. The summed E-state index contributed by atoms with van der Waals surface area (Å²) in [5, 5.41) is 19.2. The number of fused-ring (bicyclic) bond motifs is 1. The van der Waals surface area contributed by atoms with Crippen molar-refractivity contribution in [1.82, 2.24) is 15.0 Å². The first-order valence-electron chi connectivity index (χ1n) is 8.47. The van der Waals surface area contributed by atoms with Crippen molar-refractivity contribution < 1.29 is 5.11 Å². The molecule has 3 rings (SSSR count). The zero-order valence-electron chi connectivity index (χ0n) is 14.8. The van der Waals surface area contributed by atoms with Crippen LogP contribution in [0.2, 0.25) is 0 Å². The Balaban J connectivity index is 1.91. The number of phenolic OH excluding ortho intramolecular Hbond substituents is 1. The van der Waals surface area contributed by atoms with Crippen molar-refractivity contribution in [3.63, 3.8) is 0 Å². The zero-order valence-corrected chi connectivity index (χ0v) is 14.8. The molecule has 0 spiro atoms. The molecule has 0 aliphatic heterocycles. The third kappa shape index (κ3) is 3.42. The van der Waals surface area contributed by atoms with Gasteiger partial charge in [-0.25, -0.2) is 0 Å². The van der Waals surface area contributed by atoms with E-state index >= 15 is 0 Å². The van der Waals surface area contributed by atoms with E-state index in [1.54, 1.807) is 10.9 Å². The number of nitrogens with zero attached hydrogens (tertiary/aromatic N) is 3. The summed E-state index contributed by atoms with van der Waals surface area (Å²) in [4.78, 5) is 1.65. The van der Waals surface area contributed by atoms with E-state index in [2.05, 4.69) is 44.0 Å². The van der Waals surface area contributed by atoms with Gasteiger partial charge in [0.1, 0.15) is 16.8 Å². The minimum Gasteiger partial charge on any atom is -0.508 e. The second kappa shape index (κ2) is 6.27. The Morgan fingerprint density at radius 3 is 2.25 bits per heavy atom. The lowest BCUT2D eigenvalue weighted by Gasteiger charge is -2.28. The molecule has 0 aliphatic carbocycles. The number of hydrogen-bond donors (Lipinski definition) is 1. The molecule has 0 fully saturated rings. The average Bonchev–Trinajstić information content (AvgIpc) is 2.90. The van der Waals surface area contributed by atoms with Crippen LogP contribution in [0.4, 0.5) is 0 Å². The van der Waals surface area contributed by atoms with Crippen LogP contribution in [0.1, 0.15) is 45.2 Å². The molecule has 24 heavy (non-hydrogen) atoms. The summed E-state index contributed by atoms with van der Waals surface area (Å²) in [7, 11) is 0. The molecule has 0 saturated heterocycles. The van der Waals surface area contributed by atoms with Gasteiger partial charge in [0.05, 0.1) is 6.54 Å². The number of benzene rings is 2. The number of rotatable bonds is 5. The van der Waals surface area contributed by atoms with Gasteiger partial charge in [-0.1, -0.05) is 45.9 Å². The van der Waals surface area contributed by atoms with Crippen molar-refractivity contribution in [3.05, 3.63) is 53.6 Å². The number of phenols is 1. The molecule has 1 N–H and O–H groups in total. The fraction of sp³-hybridized carbons (Fsp3) is 0.400. The van der Waals surface area contributed by atoms with Gasteiger partial charge in [-0.3, -0.25) is 0 Å². The van der Waals surface area contributed by atoms with E-state index in [0.717, 1.165) is 23.0 Å². The highest BCUT2D eigenvalue weighted by Gasteiger charge is 2.23. The normalized spacial score (nSPS) is 12.2. The summed E-state index contributed by atoms with van der Waals surface area (Å²) in [6.45, 7) is 9.45. The molecule has 2 aromatic carbocycles.